The maximum absolute atomic E-state index is 6.23. The molecule has 5 nitrogen and oxygen atoms in total. The molecule has 1 aromatic carbocycles. The van der Waals surface area contributed by atoms with Crippen molar-refractivity contribution in [2.45, 2.75) is 39.7 Å². The van der Waals surface area contributed by atoms with Crippen LogP contribution in [0.4, 0.5) is 0 Å². The van der Waals surface area contributed by atoms with Gasteiger partial charge in [-0.15, -0.1) is 0 Å². The van der Waals surface area contributed by atoms with Crippen molar-refractivity contribution < 1.29 is 4.74 Å². The maximum atomic E-state index is 6.23. The monoisotopic (exact) mass is 372 g/mol. The zero-order valence-electron chi connectivity index (χ0n) is 13.1. The second kappa shape index (κ2) is 7.95. The van der Waals surface area contributed by atoms with Gasteiger partial charge < -0.3 is 4.74 Å². The van der Waals surface area contributed by atoms with E-state index >= 15 is 0 Å². The van der Waals surface area contributed by atoms with Gasteiger partial charge in [-0.05, 0) is 50.2 Å². The molecule has 0 unspecified atom stereocenters. The molecule has 1 N–H and O–H groups in total. The van der Waals surface area contributed by atoms with E-state index in [1.165, 1.54) is 0 Å². The van der Waals surface area contributed by atoms with Crippen molar-refractivity contribution in [3.63, 3.8) is 0 Å². The summed E-state index contributed by atoms with van der Waals surface area (Å²) in [5.41, 5.74) is 0.752. The van der Waals surface area contributed by atoms with Crippen molar-refractivity contribution in [3.8, 4) is 5.75 Å². The SMILES string of the molecule is CCCc1n[nH]c(=S)n1/N=C\c1cc(Cl)c(OC(C)C)c(Cl)c1. The fraction of sp³-hybridized carbons (Fsp3) is 0.400. The van der Waals surface area contributed by atoms with Crippen LogP contribution in [0.2, 0.25) is 10.0 Å². The Morgan fingerprint density at radius 2 is 2.04 bits per heavy atom. The molecule has 0 saturated carbocycles. The summed E-state index contributed by atoms with van der Waals surface area (Å²) >= 11 is 17.7. The molecule has 1 heterocycles. The van der Waals surface area contributed by atoms with Crippen molar-refractivity contribution in [2.24, 2.45) is 5.10 Å². The lowest BCUT2D eigenvalue weighted by Gasteiger charge is -2.13. The lowest BCUT2D eigenvalue weighted by Crippen LogP contribution is -2.06. The minimum absolute atomic E-state index is 0.00891. The first-order valence-corrected chi connectivity index (χ1v) is 8.45. The number of halogens is 2. The van der Waals surface area contributed by atoms with Crippen LogP contribution in [0.1, 0.15) is 38.6 Å². The smallest absolute Gasteiger partial charge is 0.216 e. The largest absolute Gasteiger partial charge is 0.488 e. The van der Waals surface area contributed by atoms with Gasteiger partial charge in [0.05, 0.1) is 22.4 Å². The van der Waals surface area contributed by atoms with Crippen molar-refractivity contribution in [1.82, 2.24) is 14.9 Å². The summed E-state index contributed by atoms with van der Waals surface area (Å²) in [6.07, 6.45) is 3.37. The van der Waals surface area contributed by atoms with Gasteiger partial charge in [-0.25, -0.2) is 0 Å². The molecule has 8 heteroatoms. The van der Waals surface area contributed by atoms with E-state index in [9.17, 15) is 0 Å². The summed E-state index contributed by atoms with van der Waals surface area (Å²) in [6, 6.07) is 3.50. The van der Waals surface area contributed by atoms with Gasteiger partial charge in [-0.1, -0.05) is 30.1 Å². The Bertz CT molecular complexity index is 744. The lowest BCUT2D eigenvalue weighted by molar-refractivity contribution is 0.243. The van der Waals surface area contributed by atoms with Gasteiger partial charge in [0.25, 0.3) is 0 Å². The Kier molecular flexibility index (Phi) is 6.21. The van der Waals surface area contributed by atoms with Crippen LogP contribution in [0.25, 0.3) is 0 Å². The molecule has 0 spiro atoms. The Morgan fingerprint density at radius 1 is 1.39 bits per heavy atom. The average Bonchev–Trinajstić information content (AvgIpc) is 2.81. The Hall–Kier alpha value is -1.37. The van der Waals surface area contributed by atoms with Crippen LogP contribution in [-0.2, 0) is 6.42 Å². The third-order valence-corrected chi connectivity index (χ3v) is 3.71. The number of ether oxygens (including phenoxy) is 1. The summed E-state index contributed by atoms with van der Waals surface area (Å²) in [7, 11) is 0. The normalized spacial score (nSPS) is 11.6. The third-order valence-electron chi connectivity index (χ3n) is 2.89. The van der Waals surface area contributed by atoms with E-state index in [0.29, 0.717) is 20.6 Å². The fourth-order valence-electron chi connectivity index (χ4n) is 1.96. The molecule has 0 fully saturated rings. The number of hydrogen-bond donors (Lipinski definition) is 1. The average molecular weight is 373 g/mol. The van der Waals surface area contributed by atoms with Crippen LogP contribution in [-0.4, -0.2) is 27.2 Å². The first kappa shape index (κ1) is 18.0. The number of aromatic nitrogens is 3. The van der Waals surface area contributed by atoms with E-state index in [1.54, 1.807) is 23.0 Å². The minimum atomic E-state index is -0.00891. The predicted molar refractivity (Wildman–Crippen MR) is 96.6 cm³/mol. The van der Waals surface area contributed by atoms with Gasteiger partial charge in [0, 0.05) is 6.42 Å². The van der Waals surface area contributed by atoms with Gasteiger partial charge in [0.1, 0.15) is 0 Å². The minimum Gasteiger partial charge on any atom is -0.488 e. The van der Waals surface area contributed by atoms with Gasteiger partial charge >= 0.3 is 0 Å². The van der Waals surface area contributed by atoms with Crippen LogP contribution in [0, 0.1) is 4.77 Å². The Balaban J connectivity index is 2.30. The highest BCUT2D eigenvalue weighted by atomic mass is 35.5. The number of aromatic amines is 1. The Morgan fingerprint density at radius 3 is 2.61 bits per heavy atom. The van der Waals surface area contributed by atoms with Crippen LogP contribution in [0.15, 0.2) is 17.2 Å². The van der Waals surface area contributed by atoms with E-state index in [2.05, 4.69) is 22.2 Å². The molecule has 0 saturated heterocycles. The molecule has 124 valence electrons. The van der Waals surface area contributed by atoms with Gasteiger partial charge in [-0.3, -0.25) is 5.10 Å². The van der Waals surface area contributed by atoms with Crippen molar-refractivity contribution in [3.05, 3.63) is 38.3 Å². The van der Waals surface area contributed by atoms with Gasteiger partial charge in [-0.2, -0.15) is 14.9 Å². The number of H-pyrrole nitrogens is 1. The van der Waals surface area contributed by atoms with Crippen molar-refractivity contribution in [2.75, 3.05) is 0 Å². The van der Waals surface area contributed by atoms with Crippen LogP contribution in [0.3, 0.4) is 0 Å². The standard InChI is InChI=1S/C15H18Cl2N4OS/c1-4-5-13-19-20-15(23)21(13)18-8-10-6-11(16)14(12(17)7-10)22-9(2)3/h6-9H,4-5H2,1-3H3,(H,20,23)/b18-8-. The predicted octanol–water partition coefficient (Wildman–Crippen LogP) is 4.87. The third kappa shape index (κ3) is 4.56. The number of aryl methyl sites for hydroxylation is 1. The van der Waals surface area contributed by atoms with E-state index in [1.807, 2.05) is 13.8 Å². The summed E-state index contributed by atoms with van der Waals surface area (Å²) in [5, 5.41) is 12.1. The molecule has 23 heavy (non-hydrogen) atoms. The number of rotatable bonds is 6. The molecule has 0 aliphatic heterocycles. The number of hydrogen-bond acceptors (Lipinski definition) is 4. The van der Waals surface area contributed by atoms with E-state index in [4.69, 9.17) is 40.2 Å². The Labute approximate surface area is 150 Å². The number of benzene rings is 1. The van der Waals surface area contributed by atoms with Crippen LogP contribution in [0.5, 0.6) is 5.75 Å². The second-order valence-electron chi connectivity index (χ2n) is 5.23. The molecule has 0 aliphatic rings. The van der Waals surface area contributed by atoms with Crippen molar-refractivity contribution >= 4 is 41.6 Å². The fourth-order valence-corrected chi connectivity index (χ4v) is 2.75. The number of nitrogens with one attached hydrogen (secondary N) is 1. The summed E-state index contributed by atoms with van der Waals surface area (Å²) < 4.78 is 7.65. The molecule has 1 aromatic heterocycles. The molecule has 0 aliphatic carbocycles. The molecule has 0 amide bonds. The zero-order valence-corrected chi connectivity index (χ0v) is 15.5. The first-order chi connectivity index (χ1) is 10.9. The highest BCUT2D eigenvalue weighted by Gasteiger charge is 2.11. The molecule has 2 rings (SSSR count). The summed E-state index contributed by atoms with van der Waals surface area (Å²) in [6.45, 7) is 5.90. The van der Waals surface area contributed by atoms with Crippen LogP contribution >= 0.6 is 35.4 Å². The molecule has 0 radical (unpaired) electrons. The van der Waals surface area contributed by atoms with Crippen LogP contribution < -0.4 is 4.74 Å². The van der Waals surface area contributed by atoms with Crippen molar-refractivity contribution in [1.29, 1.82) is 0 Å². The zero-order chi connectivity index (χ0) is 17.0. The van der Waals surface area contributed by atoms with E-state index in [0.717, 1.165) is 24.2 Å². The molecule has 0 atom stereocenters. The van der Waals surface area contributed by atoms with E-state index in [-0.39, 0.29) is 6.10 Å². The van der Waals surface area contributed by atoms with Gasteiger partial charge in [0.15, 0.2) is 11.6 Å². The molecule has 2 aromatic rings. The molecular weight excluding hydrogens is 355 g/mol. The van der Waals surface area contributed by atoms with E-state index < -0.39 is 0 Å². The first-order valence-electron chi connectivity index (χ1n) is 7.28. The second-order valence-corrected chi connectivity index (χ2v) is 6.43. The quantitative estimate of drug-likeness (QED) is 0.581. The summed E-state index contributed by atoms with van der Waals surface area (Å²) in [5.74, 6) is 1.26. The topological polar surface area (TPSA) is 55.2 Å². The number of nitrogens with zero attached hydrogens (tertiary/aromatic N) is 3. The lowest BCUT2D eigenvalue weighted by atomic mass is 10.2. The maximum Gasteiger partial charge on any atom is 0.216 e. The van der Waals surface area contributed by atoms with Gasteiger partial charge in [0.2, 0.25) is 4.77 Å². The summed E-state index contributed by atoms with van der Waals surface area (Å²) in [4.78, 5) is 0. The highest BCUT2D eigenvalue weighted by Crippen LogP contribution is 2.34. The molecular formula is C15H18Cl2N4OS. The molecule has 0 bridgehead atoms. The highest BCUT2D eigenvalue weighted by molar-refractivity contribution is 7.71.